The zero-order chi connectivity index (χ0) is 26.8. The Morgan fingerprint density at radius 2 is 1.36 bits per heavy atom. The number of Topliss-reactive ketones (excluding diaryl/α,β-unsaturated/α-hetero) is 1. The maximum Gasteiger partial charge on any atom is 0.309 e. The van der Waals surface area contributed by atoms with E-state index in [4.69, 9.17) is 9.47 Å². The minimum absolute atomic E-state index is 0.0143. The number of hydrogen-bond acceptors (Lipinski definition) is 4. The first-order chi connectivity index (χ1) is 18.6. The van der Waals surface area contributed by atoms with Crippen LogP contribution in [0.3, 0.4) is 0 Å². The molecule has 14 atom stereocenters. The number of allylic oxidation sites excluding steroid dienone is 4. The predicted octanol–water partition coefficient (Wildman–Crippen LogP) is 6.64. The second kappa shape index (κ2) is 8.55. The van der Waals surface area contributed by atoms with Gasteiger partial charge in [-0.25, -0.2) is 0 Å². The van der Waals surface area contributed by atoms with E-state index in [-0.39, 0.29) is 17.8 Å². The maximum absolute atomic E-state index is 13.8. The molecule has 6 fully saturated rings. The van der Waals surface area contributed by atoms with Gasteiger partial charge in [-0.05, 0) is 144 Å². The first-order valence-corrected chi connectivity index (χ1v) is 16.4. The molecule has 0 aromatic heterocycles. The van der Waals surface area contributed by atoms with Crippen molar-refractivity contribution in [2.45, 2.75) is 90.3 Å². The van der Waals surface area contributed by atoms with Crippen LogP contribution in [0.1, 0.15) is 79.1 Å². The van der Waals surface area contributed by atoms with Crippen molar-refractivity contribution >= 4 is 11.8 Å². The highest BCUT2D eigenvalue weighted by atomic mass is 16.6. The second-order valence-corrected chi connectivity index (χ2v) is 16.2. The molecule has 8 aliphatic carbocycles. The molecular weight excluding hydrogens is 484 g/mol. The maximum atomic E-state index is 13.8. The van der Waals surface area contributed by atoms with E-state index in [1.165, 1.54) is 32.1 Å². The fourth-order valence-corrected chi connectivity index (χ4v) is 12.4. The molecule has 0 aromatic carbocycles. The van der Waals surface area contributed by atoms with Gasteiger partial charge in [-0.15, -0.1) is 0 Å². The zero-order valence-electron chi connectivity index (χ0n) is 24.4. The number of ketones is 1. The van der Waals surface area contributed by atoms with Crippen LogP contribution in [-0.2, 0) is 19.1 Å². The molecule has 0 aromatic rings. The van der Waals surface area contributed by atoms with Crippen molar-refractivity contribution in [1.29, 1.82) is 0 Å². The van der Waals surface area contributed by atoms with E-state index in [9.17, 15) is 9.59 Å². The highest BCUT2D eigenvalue weighted by molar-refractivity contribution is 5.89. The van der Waals surface area contributed by atoms with E-state index in [1.54, 1.807) is 0 Å². The monoisotopic (exact) mass is 532 g/mol. The molecule has 8 aliphatic rings. The molecule has 39 heavy (non-hydrogen) atoms. The lowest BCUT2D eigenvalue weighted by Crippen LogP contribution is -2.45. The van der Waals surface area contributed by atoms with Gasteiger partial charge in [0, 0.05) is 12.3 Å². The number of fused-ring (bicyclic) bond motifs is 18. The average Bonchev–Trinajstić information content (AvgIpc) is 3.74. The first-order valence-electron chi connectivity index (χ1n) is 16.4. The van der Waals surface area contributed by atoms with Crippen LogP contribution in [0.25, 0.3) is 0 Å². The highest BCUT2D eigenvalue weighted by Crippen LogP contribution is 2.68. The van der Waals surface area contributed by atoms with Gasteiger partial charge in [-0.1, -0.05) is 24.3 Å². The summed E-state index contributed by atoms with van der Waals surface area (Å²) in [6.45, 7) is 8.41. The molecule has 4 heteroatoms. The van der Waals surface area contributed by atoms with Gasteiger partial charge in [0.1, 0.15) is 11.2 Å². The van der Waals surface area contributed by atoms with Crippen molar-refractivity contribution < 1.29 is 19.1 Å². The molecule has 0 radical (unpaired) electrons. The Kier molecular flexibility index (Phi) is 5.55. The van der Waals surface area contributed by atoms with E-state index in [1.807, 2.05) is 27.7 Å². The number of carbonyl (C=O) groups is 2. The summed E-state index contributed by atoms with van der Waals surface area (Å²) in [5.41, 5.74) is -1.37. The van der Waals surface area contributed by atoms with Gasteiger partial charge in [-0.2, -0.15) is 0 Å². The third kappa shape index (κ3) is 3.71. The molecule has 212 valence electrons. The van der Waals surface area contributed by atoms with E-state index in [2.05, 4.69) is 24.3 Å². The molecule has 8 rings (SSSR count). The summed E-state index contributed by atoms with van der Waals surface area (Å²) in [5.74, 6) is 9.31. The van der Waals surface area contributed by atoms with Crippen LogP contribution in [0, 0.1) is 82.9 Å². The molecule has 14 unspecified atom stereocenters. The minimum Gasteiger partial charge on any atom is -0.459 e. The smallest absolute Gasteiger partial charge is 0.309 e. The van der Waals surface area contributed by atoms with Gasteiger partial charge in [0.25, 0.3) is 0 Å². The van der Waals surface area contributed by atoms with Gasteiger partial charge in [0.05, 0.1) is 12.5 Å². The molecule has 0 N–H and O–H groups in total. The van der Waals surface area contributed by atoms with E-state index in [0.29, 0.717) is 42.5 Å². The molecular formula is C35H48O4. The number of carbonyl (C=O) groups excluding carboxylic acids is 2. The highest BCUT2D eigenvalue weighted by Gasteiger charge is 2.64. The van der Waals surface area contributed by atoms with Crippen LogP contribution >= 0.6 is 0 Å². The van der Waals surface area contributed by atoms with E-state index in [0.717, 1.165) is 60.2 Å². The lowest BCUT2D eigenvalue weighted by Gasteiger charge is -2.38. The van der Waals surface area contributed by atoms with Gasteiger partial charge < -0.3 is 9.47 Å². The summed E-state index contributed by atoms with van der Waals surface area (Å²) < 4.78 is 12.5. The molecule has 4 nitrogen and oxygen atoms in total. The Labute approximate surface area is 234 Å². The number of ether oxygens (including phenoxy) is 2. The van der Waals surface area contributed by atoms with Crippen LogP contribution < -0.4 is 0 Å². The molecule has 0 amide bonds. The standard InChI is InChI=1S/C35H48O4/c1-34(2,39-33(37)27-17-23-15-25(27)31-21-9-8-20(13-21)29(23)31)10-11-38-35(3,4)32(36)26-16-22-14-24(26)30-19-7-5-6-18(12-19)28(22)30/h5,7-9,18-31H,6,10-17H2,1-4H3. The summed E-state index contributed by atoms with van der Waals surface area (Å²) in [7, 11) is 0. The average molecular weight is 533 g/mol. The van der Waals surface area contributed by atoms with Crippen LogP contribution in [0.15, 0.2) is 24.3 Å². The Morgan fingerprint density at radius 1 is 0.718 bits per heavy atom. The normalized spacial score (nSPS) is 49.6. The van der Waals surface area contributed by atoms with Crippen LogP contribution in [0.5, 0.6) is 0 Å². The Balaban J connectivity index is 0.853. The third-order valence-electron chi connectivity index (χ3n) is 13.6. The lowest BCUT2D eigenvalue weighted by atomic mass is 9.69. The second-order valence-electron chi connectivity index (χ2n) is 16.2. The molecule has 0 spiro atoms. The molecule has 8 bridgehead atoms. The number of esters is 1. The van der Waals surface area contributed by atoms with Gasteiger partial charge in [0.15, 0.2) is 5.78 Å². The summed E-state index contributed by atoms with van der Waals surface area (Å²) in [4.78, 5) is 27.2. The van der Waals surface area contributed by atoms with Crippen LogP contribution in [0.2, 0.25) is 0 Å². The Hall–Kier alpha value is -1.42. The molecule has 0 saturated heterocycles. The van der Waals surface area contributed by atoms with Crippen molar-refractivity contribution in [3.8, 4) is 0 Å². The predicted molar refractivity (Wildman–Crippen MR) is 149 cm³/mol. The summed E-state index contributed by atoms with van der Waals surface area (Å²) in [6, 6.07) is 0. The van der Waals surface area contributed by atoms with Gasteiger partial charge >= 0.3 is 5.97 Å². The van der Waals surface area contributed by atoms with Gasteiger partial charge in [-0.3, -0.25) is 9.59 Å². The third-order valence-corrected chi connectivity index (χ3v) is 13.6. The summed E-state index contributed by atoms with van der Waals surface area (Å²) in [5, 5.41) is 0. The van der Waals surface area contributed by atoms with Gasteiger partial charge in [0.2, 0.25) is 0 Å². The van der Waals surface area contributed by atoms with E-state index >= 15 is 0 Å². The zero-order valence-corrected chi connectivity index (χ0v) is 24.4. The SMILES string of the molecule is CC(C)(CCOC(C)(C)C(=O)C1CC2CC1C1C3C=CCC(C3)C21)OC(=O)C1CC2CC1C1C3C=CC(C3)C21. The van der Waals surface area contributed by atoms with Crippen molar-refractivity contribution in [2.24, 2.45) is 82.9 Å². The summed E-state index contributed by atoms with van der Waals surface area (Å²) >= 11 is 0. The fourth-order valence-electron chi connectivity index (χ4n) is 12.4. The number of rotatable bonds is 8. The van der Waals surface area contributed by atoms with Crippen LogP contribution in [0.4, 0.5) is 0 Å². The Bertz CT molecular complexity index is 1120. The first kappa shape index (κ1) is 25.3. The van der Waals surface area contributed by atoms with E-state index < -0.39 is 11.2 Å². The topological polar surface area (TPSA) is 52.6 Å². The molecule has 6 saturated carbocycles. The van der Waals surface area contributed by atoms with Crippen molar-refractivity contribution in [1.82, 2.24) is 0 Å². The summed E-state index contributed by atoms with van der Waals surface area (Å²) in [6.07, 6.45) is 18.9. The van der Waals surface area contributed by atoms with Crippen LogP contribution in [-0.4, -0.2) is 29.6 Å². The quantitative estimate of drug-likeness (QED) is 0.200. The van der Waals surface area contributed by atoms with Crippen molar-refractivity contribution in [3.63, 3.8) is 0 Å². The minimum atomic E-state index is -0.789. The fraction of sp³-hybridized carbons (Fsp3) is 0.829. The largest absolute Gasteiger partial charge is 0.459 e. The molecule has 0 aliphatic heterocycles. The molecule has 0 heterocycles. The lowest BCUT2D eigenvalue weighted by molar-refractivity contribution is -0.169. The number of hydrogen-bond donors (Lipinski definition) is 0. The van der Waals surface area contributed by atoms with Crippen molar-refractivity contribution in [2.75, 3.05) is 6.61 Å². The Morgan fingerprint density at radius 3 is 2.15 bits per heavy atom. The van der Waals surface area contributed by atoms with Crippen molar-refractivity contribution in [3.05, 3.63) is 24.3 Å².